The summed E-state index contributed by atoms with van der Waals surface area (Å²) in [4.78, 5) is 28.9. The van der Waals surface area contributed by atoms with Gasteiger partial charge in [-0.25, -0.2) is 0 Å². The summed E-state index contributed by atoms with van der Waals surface area (Å²) in [7, 11) is 0. The van der Waals surface area contributed by atoms with Crippen LogP contribution < -0.4 is 0 Å². The summed E-state index contributed by atoms with van der Waals surface area (Å²) in [6.07, 6.45) is 8.88. The molecular weight excluding hydrogens is 324 g/mol. The lowest BCUT2D eigenvalue weighted by molar-refractivity contribution is -0.133. The Kier molecular flexibility index (Phi) is 6.70. The van der Waals surface area contributed by atoms with Crippen molar-refractivity contribution in [2.24, 2.45) is 0 Å². The maximum atomic E-state index is 12.8. The second-order valence-electron chi connectivity index (χ2n) is 7.71. The maximum absolute atomic E-state index is 12.8. The van der Waals surface area contributed by atoms with Gasteiger partial charge in [0.05, 0.1) is 6.42 Å². The quantitative estimate of drug-likeness (QED) is 0.812. The van der Waals surface area contributed by atoms with Crippen molar-refractivity contribution in [3.8, 4) is 0 Å². The molecule has 1 aliphatic carbocycles. The van der Waals surface area contributed by atoms with Crippen LogP contribution in [0.3, 0.4) is 0 Å². The molecule has 142 valence electrons. The first kappa shape index (κ1) is 18.9. The third-order valence-electron chi connectivity index (χ3n) is 5.71. The highest BCUT2D eigenvalue weighted by atomic mass is 16.2. The third-order valence-corrected chi connectivity index (χ3v) is 5.71. The Labute approximate surface area is 157 Å². The van der Waals surface area contributed by atoms with Gasteiger partial charge in [0.15, 0.2) is 0 Å². The van der Waals surface area contributed by atoms with Gasteiger partial charge in [0.2, 0.25) is 11.8 Å². The molecule has 4 heteroatoms. The van der Waals surface area contributed by atoms with Gasteiger partial charge in [-0.1, -0.05) is 31.5 Å². The first-order valence-corrected chi connectivity index (χ1v) is 10.3. The summed E-state index contributed by atoms with van der Waals surface area (Å²) in [5.41, 5.74) is 4.03. The monoisotopic (exact) mass is 356 g/mol. The molecule has 0 aromatic heterocycles. The molecule has 1 fully saturated rings. The van der Waals surface area contributed by atoms with Crippen molar-refractivity contribution in [1.29, 1.82) is 0 Å². The smallest absolute Gasteiger partial charge is 0.227 e. The molecule has 4 nitrogen and oxygen atoms in total. The van der Waals surface area contributed by atoms with E-state index < -0.39 is 0 Å². The van der Waals surface area contributed by atoms with Gasteiger partial charge in [-0.2, -0.15) is 0 Å². The topological polar surface area (TPSA) is 40.6 Å². The SMILES string of the molecule is CCCCC(=O)N1CCCN(C(=O)Cc2ccc3c(c2)CCCC3)CC1. The van der Waals surface area contributed by atoms with Crippen molar-refractivity contribution in [3.05, 3.63) is 34.9 Å². The predicted octanol–water partition coefficient (Wildman–Crippen LogP) is 3.36. The van der Waals surface area contributed by atoms with E-state index in [1.54, 1.807) is 0 Å². The number of amides is 2. The van der Waals surface area contributed by atoms with Crippen LogP contribution in [-0.4, -0.2) is 47.8 Å². The van der Waals surface area contributed by atoms with Crippen LogP contribution in [0.2, 0.25) is 0 Å². The van der Waals surface area contributed by atoms with Crippen molar-refractivity contribution >= 4 is 11.8 Å². The van der Waals surface area contributed by atoms with Gasteiger partial charge in [0, 0.05) is 32.6 Å². The molecule has 1 saturated heterocycles. The fraction of sp³-hybridized carbons (Fsp3) is 0.636. The molecule has 3 rings (SSSR count). The van der Waals surface area contributed by atoms with E-state index in [1.165, 1.54) is 30.4 Å². The lowest BCUT2D eigenvalue weighted by Gasteiger charge is -2.23. The Bertz CT molecular complexity index is 641. The van der Waals surface area contributed by atoms with E-state index in [0.29, 0.717) is 25.9 Å². The number of unbranched alkanes of at least 4 members (excludes halogenated alkanes) is 1. The van der Waals surface area contributed by atoms with Crippen molar-refractivity contribution in [1.82, 2.24) is 9.80 Å². The highest BCUT2D eigenvalue weighted by Crippen LogP contribution is 2.22. The van der Waals surface area contributed by atoms with Gasteiger partial charge in [-0.3, -0.25) is 9.59 Å². The first-order valence-electron chi connectivity index (χ1n) is 10.3. The summed E-state index contributed by atoms with van der Waals surface area (Å²) < 4.78 is 0. The Hall–Kier alpha value is -1.84. The molecule has 1 heterocycles. The highest BCUT2D eigenvalue weighted by molar-refractivity contribution is 5.79. The number of rotatable bonds is 5. The van der Waals surface area contributed by atoms with Crippen molar-refractivity contribution in [2.75, 3.05) is 26.2 Å². The minimum atomic E-state index is 0.198. The third kappa shape index (κ3) is 4.87. The Morgan fingerprint density at radius 3 is 2.31 bits per heavy atom. The van der Waals surface area contributed by atoms with Crippen LogP contribution in [0.1, 0.15) is 62.1 Å². The summed E-state index contributed by atoms with van der Waals surface area (Å²) >= 11 is 0. The zero-order chi connectivity index (χ0) is 18.4. The standard InChI is InChI=1S/C22H32N2O2/c1-2-3-9-21(25)23-12-6-13-24(15-14-23)22(26)17-18-10-11-19-7-4-5-8-20(19)16-18/h10-11,16H,2-9,12-15,17H2,1H3. The van der Waals surface area contributed by atoms with Gasteiger partial charge in [0.1, 0.15) is 0 Å². The van der Waals surface area contributed by atoms with Gasteiger partial charge in [-0.15, -0.1) is 0 Å². The van der Waals surface area contributed by atoms with Gasteiger partial charge < -0.3 is 9.80 Å². The van der Waals surface area contributed by atoms with E-state index in [1.807, 2.05) is 9.80 Å². The van der Waals surface area contributed by atoms with E-state index >= 15 is 0 Å². The normalized spacial score (nSPS) is 17.6. The Balaban J connectivity index is 1.54. The second kappa shape index (κ2) is 9.20. The molecule has 0 atom stereocenters. The minimum Gasteiger partial charge on any atom is -0.341 e. The molecule has 0 unspecified atom stereocenters. The average Bonchev–Trinajstić information content (AvgIpc) is 2.92. The molecule has 0 spiro atoms. The van der Waals surface area contributed by atoms with Crippen molar-refractivity contribution in [2.45, 2.75) is 64.7 Å². The zero-order valence-electron chi connectivity index (χ0n) is 16.1. The van der Waals surface area contributed by atoms with E-state index in [-0.39, 0.29) is 11.8 Å². The molecule has 1 aromatic carbocycles. The fourth-order valence-corrected chi connectivity index (χ4v) is 4.09. The van der Waals surface area contributed by atoms with E-state index in [4.69, 9.17) is 0 Å². The molecule has 26 heavy (non-hydrogen) atoms. The van der Waals surface area contributed by atoms with Gasteiger partial charge in [-0.05, 0) is 55.2 Å². The number of carbonyl (C=O) groups is 2. The summed E-state index contributed by atoms with van der Waals surface area (Å²) in [6, 6.07) is 6.58. The average molecular weight is 357 g/mol. The molecule has 2 amide bonds. The predicted molar refractivity (Wildman–Crippen MR) is 104 cm³/mol. The van der Waals surface area contributed by atoms with Crippen LogP contribution in [-0.2, 0) is 28.9 Å². The van der Waals surface area contributed by atoms with Crippen LogP contribution in [0.25, 0.3) is 0 Å². The Morgan fingerprint density at radius 2 is 1.58 bits per heavy atom. The lowest BCUT2D eigenvalue weighted by Crippen LogP contribution is -2.37. The van der Waals surface area contributed by atoms with Crippen LogP contribution >= 0.6 is 0 Å². The number of fused-ring (bicyclic) bond motifs is 1. The summed E-state index contributed by atoms with van der Waals surface area (Å²) in [6.45, 7) is 5.00. The lowest BCUT2D eigenvalue weighted by atomic mass is 9.90. The summed E-state index contributed by atoms with van der Waals surface area (Å²) in [5.74, 6) is 0.444. The van der Waals surface area contributed by atoms with Crippen molar-refractivity contribution in [3.63, 3.8) is 0 Å². The van der Waals surface area contributed by atoms with Gasteiger partial charge >= 0.3 is 0 Å². The van der Waals surface area contributed by atoms with Crippen LogP contribution in [0, 0.1) is 0 Å². The van der Waals surface area contributed by atoms with Gasteiger partial charge in [0.25, 0.3) is 0 Å². The van der Waals surface area contributed by atoms with Crippen LogP contribution in [0.15, 0.2) is 18.2 Å². The highest BCUT2D eigenvalue weighted by Gasteiger charge is 2.22. The first-order chi connectivity index (χ1) is 12.7. The largest absolute Gasteiger partial charge is 0.341 e. The number of aryl methyl sites for hydroxylation is 2. The number of carbonyl (C=O) groups excluding carboxylic acids is 2. The second-order valence-corrected chi connectivity index (χ2v) is 7.71. The molecule has 0 radical (unpaired) electrons. The molecule has 1 aromatic rings. The number of nitrogens with zero attached hydrogens (tertiary/aromatic N) is 2. The minimum absolute atomic E-state index is 0.198. The van der Waals surface area contributed by atoms with Crippen molar-refractivity contribution < 1.29 is 9.59 Å². The number of hydrogen-bond acceptors (Lipinski definition) is 2. The van der Waals surface area contributed by atoms with E-state index in [0.717, 1.165) is 44.3 Å². The number of benzene rings is 1. The number of hydrogen-bond donors (Lipinski definition) is 0. The fourth-order valence-electron chi connectivity index (χ4n) is 4.09. The molecule has 0 saturated carbocycles. The Morgan fingerprint density at radius 1 is 0.885 bits per heavy atom. The van der Waals surface area contributed by atoms with E-state index in [2.05, 4.69) is 25.1 Å². The molecular formula is C22H32N2O2. The molecule has 0 N–H and O–H groups in total. The molecule has 1 aliphatic heterocycles. The van der Waals surface area contributed by atoms with E-state index in [9.17, 15) is 9.59 Å². The molecule has 0 bridgehead atoms. The summed E-state index contributed by atoms with van der Waals surface area (Å²) in [5, 5.41) is 0. The zero-order valence-corrected chi connectivity index (χ0v) is 16.1. The van der Waals surface area contributed by atoms with Crippen LogP contribution in [0.5, 0.6) is 0 Å². The molecule has 2 aliphatic rings. The van der Waals surface area contributed by atoms with Crippen LogP contribution in [0.4, 0.5) is 0 Å². The maximum Gasteiger partial charge on any atom is 0.227 e.